The highest BCUT2D eigenvalue weighted by atomic mass is 32.2. The Morgan fingerprint density at radius 3 is 2.38 bits per heavy atom. The van der Waals surface area contributed by atoms with Crippen LogP contribution in [0.25, 0.3) is 0 Å². The monoisotopic (exact) mass is 207 g/mol. The fraction of sp³-hybridized carbons (Fsp3) is 0.875. The minimum atomic E-state index is -2.19. The van der Waals surface area contributed by atoms with Crippen molar-refractivity contribution in [3.8, 4) is 0 Å². The van der Waals surface area contributed by atoms with Crippen molar-refractivity contribution in [3.63, 3.8) is 0 Å². The number of hydrogen-bond donors (Lipinski definition) is 0. The van der Waals surface area contributed by atoms with Crippen molar-refractivity contribution >= 4 is 17.0 Å². The van der Waals surface area contributed by atoms with Gasteiger partial charge in [0, 0.05) is 5.75 Å². The lowest BCUT2D eigenvalue weighted by Gasteiger charge is -2.19. The molecule has 0 aromatic heterocycles. The molecule has 0 amide bonds. The van der Waals surface area contributed by atoms with Gasteiger partial charge in [-0.15, -0.1) is 0 Å². The maximum atomic E-state index is 11.2. The summed E-state index contributed by atoms with van der Waals surface area (Å²) in [4.78, 5) is 11.2. The average Bonchev–Trinajstić information content (AvgIpc) is 1.99. The van der Waals surface area contributed by atoms with Crippen molar-refractivity contribution in [2.75, 3.05) is 12.4 Å². The number of esters is 1. The van der Waals surface area contributed by atoms with Crippen LogP contribution in [0, 0.1) is 11.8 Å². The summed E-state index contributed by atoms with van der Waals surface area (Å²) < 4.78 is 25.6. The van der Waals surface area contributed by atoms with Crippen LogP contribution in [0.5, 0.6) is 0 Å². The molecule has 2 atom stereocenters. The van der Waals surface area contributed by atoms with Crippen molar-refractivity contribution in [3.05, 3.63) is 0 Å². The third kappa shape index (κ3) is 5.00. The van der Waals surface area contributed by atoms with Crippen molar-refractivity contribution in [2.24, 2.45) is 11.8 Å². The molecular formula is C8H15O4S-. The number of hydrogen-bond acceptors (Lipinski definition) is 4. The summed E-state index contributed by atoms with van der Waals surface area (Å²) in [5.41, 5.74) is 0. The molecule has 0 fully saturated rings. The highest BCUT2D eigenvalue weighted by Crippen LogP contribution is 2.13. The van der Waals surface area contributed by atoms with E-state index >= 15 is 0 Å². The van der Waals surface area contributed by atoms with Crippen LogP contribution in [0.15, 0.2) is 0 Å². The van der Waals surface area contributed by atoms with Crippen LogP contribution in [0.2, 0.25) is 0 Å². The van der Waals surface area contributed by atoms with E-state index in [1.807, 2.05) is 0 Å². The van der Waals surface area contributed by atoms with Gasteiger partial charge in [0.15, 0.2) is 0 Å². The summed E-state index contributed by atoms with van der Waals surface area (Å²) in [6.45, 7) is 5.58. The molecule has 0 N–H and O–H groups in total. The minimum Gasteiger partial charge on any atom is -0.772 e. The van der Waals surface area contributed by atoms with Crippen molar-refractivity contribution in [2.45, 2.75) is 20.8 Å². The molecule has 0 radical (unpaired) electrons. The van der Waals surface area contributed by atoms with Crippen LogP contribution in [-0.4, -0.2) is 27.1 Å². The lowest BCUT2D eigenvalue weighted by molar-refractivity contribution is -0.148. The van der Waals surface area contributed by atoms with E-state index < -0.39 is 23.0 Å². The molecule has 0 saturated carbocycles. The Labute approximate surface area is 80.9 Å². The molecule has 0 aromatic carbocycles. The second-order valence-electron chi connectivity index (χ2n) is 3.07. The van der Waals surface area contributed by atoms with E-state index in [-0.39, 0.29) is 18.3 Å². The zero-order valence-electron chi connectivity index (χ0n) is 8.11. The maximum Gasteiger partial charge on any atom is 0.310 e. The smallest absolute Gasteiger partial charge is 0.310 e. The van der Waals surface area contributed by atoms with E-state index in [0.717, 1.165) is 0 Å². The Morgan fingerprint density at radius 1 is 1.54 bits per heavy atom. The minimum absolute atomic E-state index is 0.0167. The molecule has 0 spiro atoms. The fourth-order valence-electron chi connectivity index (χ4n) is 0.929. The van der Waals surface area contributed by atoms with Crippen molar-refractivity contribution in [1.29, 1.82) is 0 Å². The lowest BCUT2D eigenvalue weighted by Crippen LogP contribution is -2.28. The SMILES string of the molecule is CCOC(=O)C(CS(=O)[O-])C(C)C. The molecule has 0 heterocycles. The topological polar surface area (TPSA) is 66.4 Å². The first-order valence-electron chi connectivity index (χ1n) is 4.21. The van der Waals surface area contributed by atoms with E-state index in [0.29, 0.717) is 0 Å². The van der Waals surface area contributed by atoms with E-state index in [1.54, 1.807) is 20.8 Å². The lowest BCUT2D eigenvalue weighted by atomic mass is 9.98. The van der Waals surface area contributed by atoms with Gasteiger partial charge in [0.05, 0.1) is 12.5 Å². The van der Waals surface area contributed by atoms with Crippen LogP contribution in [0.3, 0.4) is 0 Å². The molecule has 0 aromatic rings. The first kappa shape index (κ1) is 12.6. The normalized spacial score (nSPS) is 15.5. The van der Waals surface area contributed by atoms with E-state index in [2.05, 4.69) is 0 Å². The third-order valence-corrected chi connectivity index (χ3v) is 2.34. The summed E-state index contributed by atoms with van der Waals surface area (Å²) in [5.74, 6) is -1.15. The zero-order valence-corrected chi connectivity index (χ0v) is 8.93. The first-order chi connectivity index (χ1) is 5.99. The van der Waals surface area contributed by atoms with Crippen LogP contribution < -0.4 is 0 Å². The zero-order chi connectivity index (χ0) is 10.4. The van der Waals surface area contributed by atoms with Crippen LogP contribution in [-0.2, 0) is 20.6 Å². The fourth-order valence-corrected chi connectivity index (χ4v) is 1.74. The highest BCUT2D eigenvalue weighted by molar-refractivity contribution is 7.79. The Hall–Kier alpha value is -0.420. The number of ether oxygens (including phenoxy) is 1. The van der Waals surface area contributed by atoms with Crippen molar-refractivity contribution in [1.82, 2.24) is 0 Å². The molecule has 0 aliphatic heterocycles. The Kier molecular flexibility index (Phi) is 5.90. The Balaban J connectivity index is 4.24. The average molecular weight is 207 g/mol. The second-order valence-corrected chi connectivity index (χ2v) is 4.01. The quantitative estimate of drug-likeness (QED) is 0.491. The maximum absolute atomic E-state index is 11.2. The molecule has 5 heteroatoms. The molecule has 0 rings (SSSR count). The molecule has 0 bridgehead atoms. The summed E-state index contributed by atoms with van der Waals surface area (Å²) in [5, 5.41) is 0. The van der Waals surface area contributed by atoms with Crippen LogP contribution >= 0.6 is 0 Å². The molecule has 2 unspecified atom stereocenters. The summed E-state index contributed by atoms with van der Waals surface area (Å²) >= 11 is -2.19. The molecule has 78 valence electrons. The number of carbonyl (C=O) groups is 1. The summed E-state index contributed by atoms with van der Waals surface area (Å²) in [6.07, 6.45) is 0. The van der Waals surface area contributed by atoms with Gasteiger partial charge in [-0.2, -0.15) is 0 Å². The standard InChI is InChI=1S/C8H16O4S/c1-4-12-8(9)7(6(2)3)5-13(10)11/h6-7H,4-5H2,1-3H3,(H,10,11)/p-1. The molecular weight excluding hydrogens is 192 g/mol. The van der Waals surface area contributed by atoms with Gasteiger partial charge in [0.1, 0.15) is 0 Å². The van der Waals surface area contributed by atoms with Gasteiger partial charge in [-0.05, 0) is 12.8 Å². The summed E-state index contributed by atoms with van der Waals surface area (Å²) in [7, 11) is 0. The van der Waals surface area contributed by atoms with Gasteiger partial charge in [0.25, 0.3) is 0 Å². The molecule has 0 aliphatic carbocycles. The van der Waals surface area contributed by atoms with Gasteiger partial charge in [0.2, 0.25) is 0 Å². The van der Waals surface area contributed by atoms with E-state index in [9.17, 15) is 13.6 Å². The second kappa shape index (κ2) is 6.10. The number of carbonyl (C=O) groups excluding carboxylic acids is 1. The van der Waals surface area contributed by atoms with Gasteiger partial charge in [-0.3, -0.25) is 9.00 Å². The third-order valence-electron chi connectivity index (χ3n) is 1.71. The Morgan fingerprint density at radius 2 is 2.08 bits per heavy atom. The number of rotatable bonds is 5. The predicted molar refractivity (Wildman–Crippen MR) is 48.7 cm³/mol. The van der Waals surface area contributed by atoms with E-state index in [4.69, 9.17) is 4.74 Å². The van der Waals surface area contributed by atoms with Crippen molar-refractivity contribution < 1.29 is 18.3 Å². The first-order valence-corrected chi connectivity index (χ1v) is 5.46. The molecule has 0 aliphatic rings. The van der Waals surface area contributed by atoms with Gasteiger partial charge >= 0.3 is 5.97 Å². The summed E-state index contributed by atoms with van der Waals surface area (Å²) in [6, 6.07) is 0. The van der Waals surface area contributed by atoms with Gasteiger partial charge in [-0.1, -0.05) is 24.9 Å². The van der Waals surface area contributed by atoms with Crippen LogP contribution in [0.1, 0.15) is 20.8 Å². The predicted octanol–water partition coefficient (Wildman–Crippen LogP) is 0.701. The molecule has 4 nitrogen and oxygen atoms in total. The Bertz CT molecular complexity index is 191. The highest BCUT2D eigenvalue weighted by Gasteiger charge is 2.23. The van der Waals surface area contributed by atoms with E-state index in [1.165, 1.54) is 0 Å². The van der Waals surface area contributed by atoms with Gasteiger partial charge in [-0.25, -0.2) is 0 Å². The van der Waals surface area contributed by atoms with Gasteiger partial charge < -0.3 is 9.29 Å². The largest absolute Gasteiger partial charge is 0.772 e. The molecule has 13 heavy (non-hydrogen) atoms. The van der Waals surface area contributed by atoms with Crippen LogP contribution in [0.4, 0.5) is 0 Å². The molecule has 0 saturated heterocycles.